The van der Waals surface area contributed by atoms with Crippen LogP contribution in [0, 0.1) is 11.8 Å². The van der Waals surface area contributed by atoms with Gasteiger partial charge in [0.15, 0.2) is 0 Å². The number of alkyl halides is 2. The van der Waals surface area contributed by atoms with Crippen LogP contribution in [0.2, 0.25) is 0 Å². The van der Waals surface area contributed by atoms with Crippen molar-refractivity contribution in [3.05, 3.63) is 59.7 Å². The number of anilines is 2. The first-order chi connectivity index (χ1) is 16.7. The summed E-state index contributed by atoms with van der Waals surface area (Å²) in [7, 11) is 0. The van der Waals surface area contributed by atoms with Crippen LogP contribution >= 0.6 is 0 Å². The van der Waals surface area contributed by atoms with Gasteiger partial charge in [-0.2, -0.15) is 8.78 Å². The van der Waals surface area contributed by atoms with Gasteiger partial charge in [0, 0.05) is 23.9 Å². The standard InChI is InChI=1S/C28H36F2N2O3/c1-2-3-4-20-5-10-23(11-6-20)28(29,30)35-26-12-7-21(8-13-26)9-14-27(33)34-16-15-22-17-24(31)19-25(32)18-22/h7-9,12-14,17-20,23H,2-6,10-11,15-16,31-32H2,1H3/b14-9+. The van der Waals surface area contributed by atoms with Gasteiger partial charge in [-0.3, -0.25) is 0 Å². The molecule has 0 amide bonds. The minimum Gasteiger partial charge on any atom is -0.462 e. The monoisotopic (exact) mass is 486 g/mol. The number of hydrogen-bond donors (Lipinski definition) is 2. The van der Waals surface area contributed by atoms with Gasteiger partial charge in [0.1, 0.15) is 5.75 Å². The summed E-state index contributed by atoms with van der Waals surface area (Å²) in [5.74, 6) is -0.568. The van der Waals surface area contributed by atoms with Crippen LogP contribution in [0.5, 0.6) is 5.75 Å². The predicted molar refractivity (Wildman–Crippen MR) is 136 cm³/mol. The Morgan fingerprint density at radius 3 is 2.34 bits per heavy atom. The van der Waals surface area contributed by atoms with Crippen LogP contribution in [-0.2, 0) is 16.0 Å². The van der Waals surface area contributed by atoms with E-state index >= 15 is 0 Å². The summed E-state index contributed by atoms with van der Waals surface area (Å²) < 4.78 is 39.7. The van der Waals surface area contributed by atoms with E-state index in [1.165, 1.54) is 24.6 Å². The molecule has 7 heteroatoms. The molecule has 4 N–H and O–H groups in total. The molecule has 1 fully saturated rings. The van der Waals surface area contributed by atoms with Gasteiger partial charge >= 0.3 is 12.1 Å². The highest BCUT2D eigenvalue weighted by Crippen LogP contribution is 2.41. The number of carbonyl (C=O) groups excluding carboxylic acids is 1. The molecule has 35 heavy (non-hydrogen) atoms. The van der Waals surface area contributed by atoms with E-state index in [1.807, 2.05) is 0 Å². The summed E-state index contributed by atoms with van der Waals surface area (Å²) >= 11 is 0. The third kappa shape index (κ3) is 8.57. The number of nitrogens with two attached hydrogens (primary N) is 2. The van der Waals surface area contributed by atoms with Crippen molar-refractivity contribution in [1.82, 2.24) is 0 Å². The average molecular weight is 487 g/mol. The molecular formula is C28H36F2N2O3. The fourth-order valence-electron chi connectivity index (χ4n) is 4.54. The smallest absolute Gasteiger partial charge is 0.400 e. The SMILES string of the molecule is CCCCC1CCC(C(F)(F)Oc2ccc(/C=C/C(=O)OCCc3cc(N)cc(N)c3)cc2)CC1. The molecule has 0 atom stereocenters. The summed E-state index contributed by atoms with van der Waals surface area (Å²) in [5, 5.41) is 0. The molecule has 1 aliphatic rings. The molecule has 0 spiro atoms. The fraction of sp³-hybridized carbons (Fsp3) is 0.464. The number of carbonyl (C=O) groups is 1. The molecule has 3 rings (SSSR count). The van der Waals surface area contributed by atoms with Gasteiger partial charge in [0.25, 0.3) is 0 Å². The Labute approximate surface area is 206 Å². The summed E-state index contributed by atoms with van der Waals surface area (Å²) in [6.45, 7) is 2.34. The zero-order valence-corrected chi connectivity index (χ0v) is 20.4. The van der Waals surface area contributed by atoms with Crippen LogP contribution in [0.4, 0.5) is 20.2 Å². The highest BCUT2D eigenvalue weighted by atomic mass is 19.3. The number of benzene rings is 2. The lowest BCUT2D eigenvalue weighted by Crippen LogP contribution is -2.37. The Balaban J connectivity index is 1.43. The normalized spacial score (nSPS) is 18.5. The zero-order chi connectivity index (χ0) is 25.3. The highest BCUT2D eigenvalue weighted by Gasteiger charge is 2.43. The van der Waals surface area contributed by atoms with Crippen molar-refractivity contribution in [2.24, 2.45) is 11.8 Å². The van der Waals surface area contributed by atoms with Crippen LogP contribution in [0.25, 0.3) is 6.08 Å². The van der Waals surface area contributed by atoms with E-state index in [1.54, 1.807) is 36.4 Å². The molecule has 0 bridgehead atoms. The first-order valence-electron chi connectivity index (χ1n) is 12.4. The third-order valence-electron chi connectivity index (χ3n) is 6.51. The summed E-state index contributed by atoms with van der Waals surface area (Å²) in [4.78, 5) is 12.0. The lowest BCUT2D eigenvalue weighted by atomic mass is 9.79. The Bertz CT molecular complexity index is 964. The largest absolute Gasteiger partial charge is 0.462 e. The predicted octanol–water partition coefficient (Wildman–Crippen LogP) is 6.62. The van der Waals surface area contributed by atoms with Gasteiger partial charge < -0.3 is 20.9 Å². The number of unbranched alkanes of at least 4 members (excludes halogenated alkanes) is 1. The van der Waals surface area contributed by atoms with Gasteiger partial charge in [-0.05, 0) is 79.1 Å². The van der Waals surface area contributed by atoms with Crippen LogP contribution in [-0.4, -0.2) is 18.7 Å². The Morgan fingerprint density at radius 1 is 1.06 bits per heavy atom. The Hall–Kier alpha value is -3.09. The Kier molecular flexibility index (Phi) is 9.52. The van der Waals surface area contributed by atoms with E-state index in [0.717, 1.165) is 31.2 Å². The van der Waals surface area contributed by atoms with Crippen LogP contribution < -0.4 is 16.2 Å². The summed E-state index contributed by atoms with van der Waals surface area (Å²) in [5.41, 5.74) is 14.2. The fourth-order valence-corrected chi connectivity index (χ4v) is 4.54. The van der Waals surface area contributed by atoms with Crippen LogP contribution in [0.15, 0.2) is 48.5 Å². The molecule has 0 heterocycles. The second kappa shape index (κ2) is 12.6. The van der Waals surface area contributed by atoms with Crippen LogP contribution in [0.3, 0.4) is 0 Å². The van der Waals surface area contributed by atoms with Crippen molar-refractivity contribution in [3.63, 3.8) is 0 Å². The first kappa shape index (κ1) is 26.5. The maximum Gasteiger partial charge on any atom is 0.400 e. The second-order valence-corrected chi connectivity index (χ2v) is 9.35. The number of esters is 1. The molecule has 1 saturated carbocycles. The number of hydrogen-bond acceptors (Lipinski definition) is 5. The first-order valence-corrected chi connectivity index (χ1v) is 12.4. The van der Waals surface area contributed by atoms with Gasteiger partial charge in [0.2, 0.25) is 0 Å². The van der Waals surface area contributed by atoms with Crippen molar-refractivity contribution in [3.8, 4) is 5.75 Å². The van der Waals surface area contributed by atoms with E-state index < -0.39 is 18.0 Å². The van der Waals surface area contributed by atoms with Crippen molar-refractivity contribution in [2.75, 3.05) is 18.1 Å². The van der Waals surface area contributed by atoms with Gasteiger partial charge in [-0.1, -0.05) is 38.3 Å². The molecule has 0 aromatic heterocycles. The number of nitrogen functional groups attached to an aromatic ring is 2. The topological polar surface area (TPSA) is 87.6 Å². The van der Waals surface area contributed by atoms with E-state index in [2.05, 4.69) is 6.92 Å². The summed E-state index contributed by atoms with van der Waals surface area (Å²) in [6.07, 6.45) is 6.30. The van der Waals surface area contributed by atoms with Gasteiger partial charge in [-0.25, -0.2) is 4.79 Å². The zero-order valence-electron chi connectivity index (χ0n) is 20.4. The molecule has 2 aromatic carbocycles. The molecule has 0 radical (unpaired) electrons. The lowest BCUT2D eigenvalue weighted by Gasteiger charge is -2.33. The molecule has 5 nitrogen and oxygen atoms in total. The number of rotatable bonds is 11. The number of ether oxygens (including phenoxy) is 2. The van der Waals surface area contributed by atoms with E-state index in [0.29, 0.717) is 42.1 Å². The van der Waals surface area contributed by atoms with Crippen molar-refractivity contribution < 1.29 is 23.0 Å². The van der Waals surface area contributed by atoms with Gasteiger partial charge in [0.05, 0.1) is 12.5 Å². The van der Waals surface area contributed by atoms with E-state index in [4.69, 9.17) is 20.9 Å². The quantitative estimate of drug-likeness (QED) is 0.212. The lowest BCUT2D eigenvalue weighted by molar-refractivity contribution is -0.223. The van der Waals surface area contributed by atoms with Gasteiger partial charge in [-0.15, -0.1) is 0 Å². The van der Waals surface area contributed by atoms with Crippen molar-refractivity contribution in [1.29, 1.82) is 0 Å². The Morgan fingerprint density at radius 2 is 1.71 bits per heavy atom. The van der Waals surface area contributed by atoms with E-state index in [-0.39, 0.29) is 12.4 Å². The molecule has 0 unspecified atom stereocenters. The average Bonchev–Trinajstić information content (AvgIpc) is 2.82. The molecule has 0 aliphatic heterocycles. The summed E-state index contributed by atoms with van der Waals surface area (Å²) in [6, 6.07) is 11.5. The molecule has 0 saturated heterocycles. The third-order valence-corrected chi connectivity index (χ3v) is 6.51. The van der Waals surface area contributed by atoms with Crippen molar-refractivity contribution >= 4 is 23.4 Å². The number of halogens is 2. The minimum atomic E-state index is -3.19. The second-order valence-electron chi connectivity index (χ2n) is 9.35. The maximum absolute atomic E-state index is 14.7. The molecular weight excluding hydrogens is 450 g/mol. The molecule has 190 valence electrons. The van der Waals surface area contributed by atoms with Crippen molar-refractivity contribution in [2.45, 2.75) is 64.4 Å². The van der Waals surface area contributed by atoms with E-state index in [9.17, 15) is 13.6 Å². The molecule has 1 aliphatic carbocycles. The minimum absolute atomic E-state index is 0.115. The molecule has 2 aromatic rings. The maximum atomic E-state index is 14.7. The highest BCUT2D eigenvalue weighted by molar-refractivity contribution is 5.87. The van der Waals surface area contributed by atoms with Crippen LogP contribution in [0.1, 0.15) is 63.0 Å².